The summed E-state index contributed by atoms with van der Waals surface area (Å²) in [5, 5.41) is 2.14. The lowest BCUT2D eigenvalue weighted by Crippen LogP contribution is -2.19. The summed E-state index contributed by atoms with van der Waals surface area (Å²) in [6.07, 6.45) is 2.31. The lowest BCUT2D eigenvalue weighted by atomic mass is 10.2. The van der Waals surface area contributed by atoms with Gasteiger partial charge in [0, 0.05) is 13.1 Å². The van der Waals surface area contributed by atoms with E-state index in [0.717, 1.165) is 37.1 Å². The molecule has 3 rings (SSSR count). The van der Waals surface area contributed by atoms with Gasteiger partial charge >= 0.3 is 0 Å². The predicted octanol–water partition coefficient (Wildman–Crippen LogP) is 4.19. The van der Waals surface area contributed by atoms with Crippen LogP contribution in [0.25, 0.3) is 10.9 Å². The van der Waals surface area contributed by atoms with E-state index in [0.29, 0.717) is 15.6 Å². The van der Waals surface area contributed by atoms with Crippen molar-refractivity contribution in [2.75, 3.05) is 18.0 Å². The van der Waals surface area contributed by atoms with Crippen molar-refractivity contribution in [3.05, 3.63) is 27.5 Å². The van der Waals surface area contributed by atoms with E-state index >= 15 is 0 Å². The van der Waals surface area contributed by atoms with Crippen molar-refractivity contribution in [2.24, 2.45) is 0 Å². The number of anilines is 1. The maximum Gasteiger partial charge on any atom is 0.224 e. The van der Waals surface area contributed by atoms with Gasteiger partial charge in [0.15, 0.2) is 0 Å². The van der Waals surface area contributed by atoms with Crippen LogP contribution in [-0.2, 0) is 0 Å². The van der Waals surface area contributed by atoms with Gasteiger partial charge in [0.2, 0.25) is 5.28 Å². The second-order valence-corrected chi connectivity index (χ2v) is 5.42. The molecule has 2 heterocycles. The third-order valence-electron chi connectivity index (χ3n) is 3.11. The van der Waals surface area contributed by atoms with E-state index in [1.807, 2.05) is 0 Å². The minimum absolute atomic E-state index is 0.202. The Morgan fingerprint density at radius 2 is 1.61 bits per heavy atom. The molecule has 1 aliphatic rings. The summed E-state index contributed by atoms with van der Waals surface area (Å²) in [6.45, 7) is 1.93. The normalized spacial score (nSPS) is 15.6. The smallest absolute Gasteiger partial charge is 0.224 e. The number of fused-ring (bicyclic) bond motifs is 1. The Bertz CT molecular complexity index is 609. The molecule has 0 saturated carbocycles. The molecule has 0 bridgehead atoms. The van der Waals surface area contributed by atoms with Gasteiger partial charge in [-0.25, -0.2) is 4.98 Å². The number of hydrogen-bond acceptors (Lipinski definition) is 3. The molecule has 1 aromatic heterocycles. The third-order valence-corrected chi connectivity index (χ3v) is 3.90. The minimum atomic E-state index is 0.202. The molecule has 2 aromatic rings. The number of aromatic nitrogens is 2. The Labute approximate surface area is 120 Å². The second kappa shape index (κ2) is 4.72. The number of rotatable bonds is 1. The summed E-state index contributed by atoms with van der Waals surface area (Å²) in [6, 6.07) is 3.49. The lowest BCUT2D eigenvalue weighted by Gasteiger charge is -2.19. The first-order chi connectivity index (χ1) is 8.66. The largest absolute Gasteiger partial charge is 0.356 e. The zero-order valence-electron chi connectivity index (χ0n) is 9.46. The van der Waals surface area contributed by atoms with Gasteiger partial charge in [0.05, 0.1) is 20.9 Å². The van der Waals surface area contributed by atoms with Crippen LogP contribution in [0.1, 0.15) is 12.8 Å². The van der Waals surface area contributed by atoms with E-state index < -0.39 is 0 Å². The van der Waals surface area contributed by atoms with Gasteiger partial charge in [-0.15, -0.1) is 0 Å². The Morgan fingerprint density at radius 3 is 2.33 bits per heavy atom. The van der Waals surface area contributed by atoms with Gasteiger partial charge in [-0.1, -0.05) is 23.2 Å². The van der Waals surface area contributed by atoms with Crippen LogP contribution in [0.3, 0.4) is 0 Å². The van der Waals surface area contributed by atoms with Crippen LogP contribution < -0.4 is 4.90 Å². The predicted molar refractivity (Wildman–Crippen MR) is 76.0 cm³/mol. The van der Waals surface area contributed by atoms with Crippen LogP contribution in [0, 0.1) is 0 Å². The minimum Gasteiger partial charge on any atom is -0.356 e. The van der Waals surface area contributed by atoms with Crippen molar-refractivity contribution in [3.63, 3.8) is 0 Å². The van der Waals surface area contributed by atoms with Crippen molar-refractivity contribution in [3.8, 4) is 0 Å². The fourth-order valence-electron chi connectivity index (χ4n) is 2.28. The fourth-order valence-corrected chi connectivity index (χ4v) is 2.88. The molecule has 6 heteroatoms. The van der Waals surface area contributed by atoms with Crippen molar-refractivity contribution >= 4 is 51.5 Å². The molecule has 1 saturated heterocycles. The molecular weight excluding hydrogens is 293 g/mol. The second-order valence-electron chi connectivity index (χ2n) is 4.26. The Kier molecular flexibility index (Phi) is 3.22. The lowest BCUT2D eigenvalue weighted by molar-refractivity contribution is 0.939. The maximum absolute atomic E-state index is 6.26. The van der Waals surface area contributed by atoms with E-state index in [2.05, 4.69) is 14.9 Å². The van der Waals surface area contributed by atoms with E-state index in [1.54, 1.807) is 12.1 Å². The first-order valence-electron chi connectivity index (χ1n) is 5.73. The van der Waals surface area contributed by atoms with Gasteiger partial charge in [0.1, 0.15) is 5.82 Å². The summed E-state index contributed by atoms with van der Waals surface area (Å²) in [5.41, 5.74) is 0.617. The van der Waals surface area contributed by atoms with Gasteiger partial charge in [-0.05, 0) is 36.6 Å². The third kappa shape index (κ3) is 2.00. The van der Waals surface area contributed by atoms with Gasteiger partial charge < -0.3 is 4.90 Å². The molecule has 3 nitrogen and oxygen atoms in total. The fraction of sp³-hybridized carbons (Fsp3) is 0.333. The van der Waals surface area contributed by atoms with Crippen LogP contribution in [0.4, 0.5) is 5.82 Å². The first-order valence-corrected chi connectivity index (χ1v) is 6.86. The van der Waals surface area contributed by atoms with Gasteiger partial charge in [-0.2, -0.15) is 4.98 Å². The van der Waals surface area contributed by atoms with Crippen LogP contribution in [-0.4, -0.2) is 23.1 Å². The molecule has 1 aliphatic heterocycles. The topological polar surface area (TPSA) is 29.0 Å². The van der Waals surface area contributed by atoms with Gasteiger partial charge in [-0.3, -0.25) is 0 Å². The van der Waals surface area contributed by atoms with E-state index in [1.165, 1.54) is 0 Å². The monoisotopic (exact) mass is 301 g/mol. The highest BCUT2D eigenvalue weighted by Gasteiger charge is 2.20. The molecule has 0 aliphatic carbocycles. The summed E-state index contributed by atoms with van der Waals surface area (Å²) in [7, 11) is 0. The molecule has 0 atom stereocenters. The first kappa shape index (κ1) is 12.3. The number of nitrogens with zero attached hydrogens (tertiary/aromatic N) is 3. The molecule has 0 amide bonds. The van der Waals surface area contributed by atoms with Crippen molar-refractivity contribution in [1.82, 2.24) is 9.97 Å². The molecule has 0 unspecified atom stereocenters. The molecular formula is C12H10Cl3N3. The van der Waals surface area contributed by atoms with E-state index in [-0.39, 0.29) is 5.28 Å². The molecule has 0 spiro atoms. The van der Waals surface area contributed by atoms with E-state index in [9.17, 15) is 0 Å². The highest BCUT2D eigenvalue weighted by Crippen LogP contribution is 2.36. The molecule has 0 radical (unpaired) electrons. The summed E-state index contributed by atoms with van der Waals surface area (Å²) in [4.78, 5) is 10.7. The summed E-state index contributed by atoms with van der Waals surface area (Å²) >= 11 is 18.4. The standard InChI is InChI=1S/C12H10Cl3N3/c13-7-3-4-8(14)10-9(7)11(17-12(15)16-10)18-5-1-2-6-18/h3-4H,1-2,5-6H2. The molecule has 18 heavy (non-hydrogen) atoms. The zero-order valence-corrected chi connectivity index (χ0v) is 11.7. The van der Waals surface area contributed by atoms with Crippen LogP contribution in [0.15, 0.2) is 12.1 Å². The Morgan fingerprint density at radius 1 is 0.944 bits per heavy atom. The average Bonchev–Trinajstić information content (AvgIpc) is 2.86. The summed E-state index contributed by atoms with van der Waals surface area (Å²) < 4.78 is 0. The number of halogens is 3. The average molecular weight is 303 g/mol. The Balaban J connectivity index is 2.32. The highest BCUT2D eigenvalue weighted by molar-refractivity contribution is 6.41. The van der Waals surface area contributed by atoms with Crippen molar-refractivity contribution < 1.29 is 0 Å². The molecule has 0 N–H and O–H groups in total. The molecule has 94 valence electrons. The highest BCUT2D eigenvalue weighted by atomic mass is 35.5. The van der Waals surface area contributed by atoms with E-state index in [4.69, 9.17) is 34.8 Å². The van der Waals surface area contributed by atoms with Crippen molar-refractivity contribution in [1.29, 1.82) is 0 Å². The Hall–Kier alpha value is -0.770. The molecule has 1 fully saturated rings. The van der Waals surface area contributed by atoms with Crippen LogP contribution in [0.2, 0.25) is 15.3 Å². The quantitative estimate of drug-likeness (QED) is 0.740. The zero-order chi connectivity index (χ0) is 12.7. The van der Waals surface area contributed by atoms with Crippen LogP contribution in [0.5, 0.6) is 0 Å². The molecule has 1 aromatic carbocycles. The summed E-state index contributed by atoms with van der Waals surface area (Å²) in [5.74, 6) is 0.787. The number of hydrogen-bond donors (Lipinski definition) is 0. The SMILES string of the molecule is Clc1nc(N2CCCC2)c2c(Cl)ccc(Cl)c2n1. The van der Waals surface area contributed by atoms with Crippen molar-refractivity contribution in [2.45, 2.75) is 12.8 Å². The maximum atomic E-state index is 6.26. The van der Waals surface area contributed by atoms with Gasteiger partial charge in [0.25, 0.3) is 0 Å². The van der Waals surface area contributed by atoms with Crippen LogP contribution >= 0.6 is 34.8 Å². The number of benzene rings is 1.